The summed E-state index contributed by atoms with van der Waals surface area (Å²) in [6, 6.07) is 10.8. The first-order valence-electron chi connectivity index (χ1n) is 10.1. The maximum atomic E-state index is 11.3. The van der Waals surface area contributed by atoms with Crippen molar-refractivity contribution in [2.45, 2.75) is 13.0 Å². The fourth-order valence-corrected chi connectivity index (χ4v) is 4.10. The maximum absolute atomic E-state index is 11.3. The molecule has 0 saturated carbocycles. The zero-order valence-corrected chi connectivity index (χ0v) is 18.3. The number of nitrogens with zero attached hydrogens (tertiary/aromatic N) is 3. The molecule has 0 unspecified atom stereocenters. The van der Waals surface area contributed by atoms with Gasteiger partial charge in [0.05, 0.1) is 30.8 Å². The average Bonchev–Trinajstić information content (AvgIpc) is 3.11. The van der Waals surface area contributed by atoms with Gasteiger partial charge in [0.2, 0.25) is 5.95 Å². The van der Waals surface area contributed by atoms with Crippen LogP contribution in [-0.4, -0.2) is 65.2 Å². The topological polar surface area (TPSA) is 79.6 Å². The number of hydrogen-bond acceptors (Lipinski definition) is 6. The Balaban J connectivity index is 1.55. The zero-order chi connectivity index (χ0) is 20.9. The van der Waals surface area contributed by atoms with Crippen molar-refractivity contribution in [3.8, 4) is 5.75 Å². The Morgan fingerprint density at radius 3 is 2.83 bits per heavy atom. The number of hydrogen-bond donors (Lipinski definition) is 2. The number of carbonyl (C=O) groups excluding carboxylic acids is 1. The van der Waals surface area contributed by atoms with Gasteiger partial charge in [-0.25, -0.2) is 4.98 Å². The molecule has 2 heterocycles. The van der Waals surface area contributed by atoms with E-state index in [9.17, 15) is 9.90 Å². The number of fused-ring (bicyclic) bond motifs is 1. The quantitative estimate of drug-likeness (QED) is 0.385. The lowest BCUT2D eigenvalue weighted by Gasteiger charge is -2.26. The Labute approximate surface area is 183 Å². The number of anilines is 1. The number of rotatable bonds is 8. The Kier molecular flexibility index (Phi) is 6.66. The summed E-state index contributed by atoms with van der Waals surface area (Å²) in [5.74, 6) is 0.958. The summed E-state index contributed by atoms with van der Waals surface area (Å²) in [5, 5.41) is 13.8. The smallest absolute Gasteiger partial charge is 0.204 e. The van der Waals surface area contributed by atoms with Gasteiger partial charge in [-0.3, -0.25) is 9.69 Å². The zero-order valence-electron chi connectivity index (χ0n) is 16.7. The number of carbonyl (C=O) groups is 1. The van der Waals surface area contributed by atoms with Gasteiger partial charge < -0.3 is 19.7 Å². The molecule has 8 heteroatoms. The first-order chi connectivity index (χ1) is 14.6. The first kappa shape index (κ1) is 20.8. The summed E-state index contributed by atoms with van der Waals surface area (Å²) in [6.45, 7) is 5.81. The monoisotopic (exact) mass is 472 g/mol. The van der Waals surface area contributed by atoms with Crippen LogP contribution in [0.1, 0.15) is 22.3 Å². The average molecular weight is 473 g/mol. The molecular weight excluding hydrogens is 448 g/mol. The van der Waals surface area contributed by atoms with Crippen molar-refractivity contribution in [3.05, 3.63) is 52.0 Å². The van der Waals surface area contributed by atoms with Crippen LogP contribution >= 0.6 is 15.9 Å². The minimum absolute atomic E-state index is 0.227. The highest BCUT2D eigenvalue weighted by Crippen LogP contribution is 2.27. The number of phenols is 1. The largest absolute Gasteiger partial charge is 0.508 e. The Morgan fingerprint density at radius 2 is 2.03 bits per heavy atom. The second-order valence-electron chi connectivity index (χ2n) is 7.39. The molecule has 3 aromatic rings. The lowest BCUT2D eigenvalue weighted by molar-refractivity contribution is 0.0378. The van der Waals surface area contributed by atoms with Crippen LogP contribution in [0.25, 0.3) is 11.0 Å². The number of halogens is 1. The van der Waals surface area contributed by atoms with Crippen molar-refractivity contribution in [3.63, 3.8) is 0 Å². The number of nitrogens with one attached hydrogen (secondary N) is 1. The molecule has 1 aliphatic heterocycles. The Morgan fingerprint density at radius 1 is 1.20 bits per heavy atom. The molecule has 4 rings (SSSR count). The summed E-state index contributed by atoms with van der Waals surface area (Å²) in [5.41, 5.74) is 3.04. The van der Waals surface area contributed by atoms with Crippen molar-refractivity contribution in [1.82, 2.24) is 14.5 Å². The molecule has 1 aromatic heterocycles. The number of aromatic nitrogens is 2. The standard InChI is InChI=1S/C22H25BrN4O3/c23-18-3-5-21(29)17(13-18)14-27-20-12-16(15-28)2-4-19(20)25-22(27)24-6-1-7-26-8-10-30-11-9-26/h2-5,12-13,15,29H,1,6-11,14H2,(H,24,25). The fourth-order valence-electron chi connectivity index (χ4n) is 3.69. The summed E-state index contributed by atoms with van der Waals surface area (Å²) < 4.78 is 8.31. The van der Waals surface area contributed by atoms with Gasteiger partial charge in [-0.2, -0.15) is 0 Å². The molecular formula is C22H25BrN4O3. The summed E-state index contributed by atoms with van der Waals surface area (Å²) in [6.07, 6.45) is 1.83. The molecule has 1 saturated heterocycles. The first-order valence-corrected chi connectivity index (χ1v) is 10.9. The van der Waals surface area contributed by atoms with Crippen LogP contribution in [0.15, 0.2) is 40.9 Å². The second-order valence-corrected chi connectivity index (χ2v) is 8.31. The number of phenolic OH excluding ortho intramolecular Hbond substituents is 1. The number of ether oxygens (including phenoxy) is 1. The van der Waals surface area contributed by atoms with Gasteiger partial charge in [0.25, 0.3) is 0 Å². The summed E-state index contributed by atoms with van der Waals surface area (Å²) in [4.78, 5) is 18.4. The third kappa shape index (κ3) is 4.83. The van der Waals surface area contributed by atoms with Crippen LogP contribution in [0.3, 0.4) is 0 Å². The van der Waals surface area contributed by atoms with E-state index in [1.165, 1.54) is 0 Å². The highest BCUT2D eigenvalue weighted by Gasteiger charge is 2.14. The molecule has 0 spiro atoms. The van der Waals surface area contributed by atoms with Gasteiger partial charge >= 0.3 is 0 Å². The number of benzene rings is 2. The van der Waals surface area contributed by atoms with Crippen molar-refractivity contribution in [2.24, 2.45) is 0 Å². The lowest BCUT2D eigenvalue weighted by atomic mass is 10.2. The highest BCUT2D eigenvalue weighted by molar-refractivity contribution is 9.10. The van der Waals surface area contributed by atoms with Gasteiger partial charge in [0.1, 0.15) is 12.0 Å². The molecule has 2 aromatic carbocycles. The van der Waals surface area contributed by atoms with E-state index in [-0.39, 0.29) is 5.75 Å². The molecule has 0 radical (unpaired) electrons. The SMILES string of the molecule is O=Cc1ccc2nc(NCCCN3CCOCC3)n(Cc3cc(Br)ccc3O)c2c1. The van der Waals surface area contributed by atoms with Crippen molar-refractivity contribution < 1.29 is 14.6 Å². The molecule has 0 bridgehead atoms. The van der Waals surface area contributed by atoms with Crippen LogP contribution in [0.4, 0.5) is 5.95 Å². The van der Waals surface area contributed by atoms with E-state index in [0.717, 1.165) is 79.1 Å². The van der Waals surface area contributed by atoms with Crippen LogP contribution in [0.5, 0.6) is 5.75 Å². The van der Waals surface area contributed by atoms with Crippen molar-refractivity contribution >= 4 is 39.2 Å². The predicted molar refractivity (Wildman–Crippen MR) is 120 cm³/mol. The molecule has 30 heavy (non-hydrogen) atoms. The molecule has 7 nitrogen and oxygen atoms in total. The van der Waals surface area contributed by atoms with Gasteiger partial charge in [0.15, 0.2) is 0 Å². The van der Waals surface area contributed by atoms with Crippen LogP contribution < -0.4 is 5.32 Å². The molecule has 158 valence electrons. The van der Waals surface area contributed by atoms with E-state index >= 15 is 0 Å². The molecule has 2 N–H and O–H groups in total. The second kappa shape index (κ2) is 9.59. The normalized spacial score (nSPS) is 14.8. The highest BCUT2D eigenvalue weighted by atomic mass is 79.9. The number of aromatic hydroxyl groups is 1. The van der Waals surface area contributed by atoms with E-state index in [0.29, 0.717) is 12.1 Å². The van der Waals surface area contributed by atoms with Gasteiger partial charge in [-0.15, -0.1) is 0 Å². The minimum atomic E-state index is 0.227. The fraction of sp³-hybridized carbons (Fsp3) is 0.364. The van der Waals surface area contributed by atoms with Gasteiger partial charge in [-0.1, -0.05) is 15.9 Å². The summed E-state index contributed by atoms with van der Waals surface area (Å²) >= 11 is 3.47. The van der Waals surface area contributed by atoms with E-state index in [2.05, 4.69) is 26.1 Å². The summed E-state index contributed by atoms with van der Waals surface area (Å²) in [7, 11) is 0. The van der Waals surface area contributed by atoms with E-state index in [4.69, 9.17) is 9.72 Å². The third-order valence-corrected chi connectivity index (χ3v) is 5.81. The third-order valence-electron chi connectivity index (χ3n) is 5.32. The molecule has 1 fully saturated rings. The molecule has 0 aliphatic carbocycles. The number of aldehydes is 1. The minimum Gasteiger partial charge on any atom is -0.508 e. The van der Waals surface area contributed by atoms with E-state index in [1.807, 2.05) is 22.8 Å². The van der Waals surface area contributed by atoms with Crippen molar-refractivity contribution in [1.29, 1.82) is 0 Å². The Bertz CT molecular complexity index is 1030. The Hall–Kier alpha value is -2.42. The van der Waals surface area contributed by atoms with E-state index in [1.54, 1.807) is 18.2 Å². The van der Waals surface area contributed by atoms with E-state index < -0.39 is 0 Å². The van der Waals surface area contributed by atoms with Crippen molar-refractivity contribution in [2.75, 3.05) is 44.7 Å². The van der Waals surface area contributed by atoms with Crippen LogP contribution in [0.2, 0.25) is 0 Å². The van der Waals surface area contributed by atoms with Gasteiger partial charge in [0, 0.05) is 35.2 Å². The van der Waals surface area contributed by atoms with Crippen LogP contribution in [-0.2, 0) is 11.3 Å². The number of morpholine rings is 1. The van der Waals surface area contributed by atoms with Crippen LogP contribution in [0, 0.1) is 0 Å². The molecule has 1 aliphatic rings. The molecule has 0 amide bonds. The number of imidazole rings is 1. The maximum Gasteiger partial charge on any atom is 0.204 e. The van der Waals surface area contributed by atoms with Gasteiger partial charge in [-0.05, 0) is 49.4 Å². The lowest BCUT2D eigenvalue weighted by Crippen LogP contribution is -2.37. The molecule has 0 atom stereocenters. The predicted octanol–water partition coefficient (Wildman–Crippen LogP) is 3.50.